The standard InChI is InChI=1S/3C10H12O2.4C9H10O2.C2H6.CH5BO2.2CH4O/c3*1-7-4-9(8(2)11)6-10(5-7)12-3;4*1-6-3-8(7(2)10)5-9(11)4-6;1-2;1-2(3)4;2*1-2/h3*4-6H,1-3H3;4*3-5,11H,1-2H3;1-2H3;3-4H,1H3;2*2H,1H3. The number of methoxy groups -OCH3 is 3. The zero-order valence-electron chi connectivity index (χ0n) is 56.4. The second-order valence-corrected chi connectivity index (χ2v) is 19.5. The molecule has 490 valence electrons. The minimum atomic E-state index is -1.17. The molecule has 0 saturated carbocycles. The highest BCUT2D eigenvalue weighted by atomic mass is 16.5. The van der Waals surface area contributed by atoms with Crippen molar-refractivity contribution in [2.24, 2.45) is 0 Å². The summed E-state index contributed by atoms with van der Waals surface area (Å²) in [6.45, 7) is 29.0. The molecule has 0 atom stereocenters. The number of ether oxygens (including phenoxy) is 3. The Labute approximate surface area is 532 Å². The van der Waals surface area contributed by atoms with Gasteiger partial charge in [0.1, 0.15) is 40.2 Å². The number of carbonyl (C=O) groups is 7. The van der Waals surface area contributed by atoms with Crippen molar-refractivity contribution in [1.82, 2.24) is 0 Å². The monoisotopic (exact) mass is 1250 g/mol. The van der Waals surface area contributed by atoms with Crippen molar-refractivity contribution < 1.29 is 88.5 Å². The van der Waals surface area contributed by atoms with Crippen LogP contribution in [-0.4, -0.2) is 124 Å². The molecule has 0 saturated heterocycles. The van der Waals surface area contributed by atoms with Crippen LogP contribution in [0.15, 0.2) is 127 Å². The maximum absolute atomic E-state index is 11.0. The zero-order valence-corrected chi connectivity index (χ0v) is 56.4. The summed E-state index contributed by atoms with van der Waals surface area (Å²) in [5, 5.41) is 65.6. The van der Waals surface area contributed by atoms with Crippen molar-refractivity contribution >= 4 is 47.6 Å². The van der Waals surface area contributed by atoms with Gasteiger partial charge in [-0.2, -0.15) is 0 Å². The van der Waals surface area contributed by atoms with E-state index >= 15 is 0 Å². The number of aliphatic hydroxyl groups excluding tert-OH is 2. The van der Waals surface area contributed by atoms with E-state index in [0.717, 1.165) is 70.4 Å². The number of phenols is 4. The fourth-order valence-electron chi connectivity index (χ4n) is 7.07. The summed E-state index contributed by atoms with van der Waals surface area (Å²) >= 11 is 0. The van der Waals surface area contributed by atoms with Crippen LogP contribution in [-0.2, 0) is 0 Å². The Kier molecular flexibility index (Phi) is 46.3. The predicted octanol–water partition coefficient (Wildman–Crippen LogP) is 13.6. The second kappa shape index (κ2) is 47.8. The number of rotatable bonds is 10. The van der Waals surface area contributed by atoms with Gasteiger partial charge in [-0.3, -0.25) is 33.6 Å². The molecule has 0 unspecified atom stereocenters. The highest BCUT2D eigenvalue weighted by Gasteiger charge is 2.07. The Balaban J connectivity index is -0.000000468. The van der Waals surface area contributed by atoms with Crippen molar-refractivity contribution in [3.63, 3.8) is 0 Å². The fourth-order valence-corrected chi connectivity index (χ4v) is 7.07. The van der Waals surface area contributed by atoms with Crippen LogP contribution in [0.25, 0.3) is 0 Å². The van der Waals surface area contributed by atoms with Gasteiger partial charge in [-0.25, -0.2) is 0 Å². The molecule has 0 fully saturated rings. The fraction of sp³-hybridized carbons (Fsp3) is 0.310. The van der Waals surface area contributed by atoms with Crippen molar-refractivity contribution in [1.29, 1.82) is 0 Å². The lowest BCUT2D eigenvalue weighted by Gasteiger charge is -2.03. The van der Waals surface area contributed by atoms with Crippen LogP contribution in [0.4, 0.5) is 0 Å². The average Bonchev–Trinajstić information content (AvgIpc) is 3.68. The van der Waals surface area contributed by atoms with Gasteiger partial charge in [0.15, 0.2) is 40.5 Å². The SMILES string of the molecule is CB(O)O.CC.CC(=O)c1cc(C)cc(O)c1.CC(=O)c1cc(C)cc(O)c1.CC(=O)c1cc(C)cc(O)c1.CC(=O)c1cc(C)cc(O)c1.CO.CO.COc1cc(C)cc(C(C)=O)c1.COc1cc(C)cc(C(C)=O)c1.COc1cc(C)cc(C(C)=O)c1. The lowest BCUT2D eigenvalue weighted by Crippen LogP contribution is -2.00. The maximum atomic E-state index is 11.0. The van der Waals surface area contributed by atoms with Crippen LogP contribution in [0.1, 0.15) is 174 Å². The molecule has 0 aliphatic carbocycles. The molecule has 0 amide bonds. The number of hydrogen-bond donors (Lipinski definition) is 8. The largest absolute Gasteiger partial charge is 0.508 e. The predicted molar refractivity (Wildman–Crippen MR) is 358 cm³/mol. The van der Waals surface area contributed by atoms with Crippen LogP contribution in [0.2, 0.25) is 6.82 Å². The Bertz CT molecular complexity index is 2880. The van der Waals surface area contributed by atoms with Gasteiger partial charge >= 0.3 is 7.12 Å². The normalized spacial score (nSPS) is 9.04. The summed E-state index contributed by atoms with van der Waals surface area (Å²) in [6, 6.07) is 35.8. The summed E-state index contributed by atoms with van der Waals surface area (Å²) < 4.78 is 15.1. The Hall–Kier alpha value is -9.27. The van der Waals surface area contributed by atoms with Gasteiger partial charge in [0.25, 0.3) is 0 Å². The molecule has 0 aromatic heterocycles. The van der Waals surface area contributed by atoms with Gasteiger partial charge in [0, 0.05) is 53.2 Å². The highest BCUT2D eigenvalue weighted by molar-refractivity contribution is 6.39. The Morgan fingerprint density at radius 3 is 0.511 bits per heavy atom. The first-order chi connectivity index (χ1) is 42.0. The van der Waals surface area contributed by atoms with Gasteiger partial charge < -0.3 is 54.9 Å². The number of carbonyl (C=O) groups excluding carboxylic acids is 7. The van der Waals surface area contributed by atoms with Crippen LogP contribution in [0.5, 0.6) is 40.2 Å². The number of benzene rings is 7. The third-order valence-electron chi connectivity index (χ3n) is 11.0. The first-order valence-electron chi connectivity index (χ1n) is 28.0. The van der Waals surface area contributed by atoms with Crippen LogP contribution in [0, 0.1) is 48.5 Å². The Morgan fingerprint density at radius 1 is 0.278 bits per heavy atom. The molecule has 19 heteroatoms. The lowest BCUT2D eigenvalue weighted by molar-refractivity contribution is 0.100. The molecule has 90 heavy (non-hydrogen) atoms. The number of Topliss-reactive ketones (excluding diaryl/α,β-unsaturated/α-hetero) is 7. The van der Waals surface area contributed by atoms with Crippen molar-refractivity contribution in [2.75, 3.05) is 35.5 Å². The summed E-state index contributed by atoms with van der Waals surface area (Å²) in [4.78, 5) is 76.4. The second-order valence-electron chi connectivity index (χ2n) is 19.5. The summed E-state index contributed by atoms with van der Waals surface area (Å²) in [6.07, 6.45) is 0. The molecule has 18 nitrogen and oxygen atoms in total. The van der Waals surface area contributed by atoms with Crippen molar-refractivity contribution in [2.45, 2.75) is 118 Å². The molecule has 0 heterocycles. The van der Waals surface area contributed by atoms with Gasteiger partial charge in [-0.05, 0) is 270 Å². The Morgan fingerprint density at radius 2 is 0.400 bits per heavy atom. The van der Waals surface area contributed by atoms with Crippen LogP contribution >= 0.6 is 0 Å². The number of phenolic OH excluding ortho intramolecular Hbond substituents is 4. The van der Waals surface area contributed by atoms with Gasteiger partial charge in [0.05, 0.1) is 21.3 Å². The molecule has 7 aromatic carbocycles. The minimum absolute atomic E-state index is 0.0241. The quantitative estimate of drug-likeness (QED) is 0.0466. The summed E-state index contributed by atoms with van der Waals surface area (Å²) in [7, 11) is 5.62. The topological polar surface area (TPSA) is 309 Å². The molecule has 8 N–H and O–H groups in total. The molecule has 7 aromatic rings. The third kappa shape index (κ3) is 40.2. The highest BCUT2D eigenvalue weighted by Crippen LogP contribution is 2.21. The number of aromatic hydroxyl groups is 4. The number of aliphatic hydroxyl groups is 2. The van der Waals surface area contributed by atoms with E-state index in [2.05, 4.69) is 0 Å². The van der Waals surface area contributed by atoms with Gasteiger partial charge in [-0.1, -0.05) is 13.8 Å². The van der Waals surface area contributed by atoms with Gasteiger partial charge in [0.2, 0.25) is 0 Å². The van der Waals surface area contributed by atoms with E-state index in [1.807, 2.05) is 98.7 Å². The first kappa shape index (κ1) is 87.2. The molecule has 0 spiro atoms. The first-order valence-corrected chi connectivity index (χ1v) is 28.0. The molecule has 7 rings (SSSR count). The van der Waals surface area contributed by atoms with E-state index in [1.165, 1.54) is 58.8 Å². The van der Waals surface area contributed by atoms with Gasteiger partial charge in [-0.15, -0.1) is 0 Å². The van der Waals surface area contributed by atoms with E-state index in [9.17, 15) is 33.6 Å². The van der Waals surface area contributed by atoms with Crippen molar-refractivity contribution in [3.05, 3.63) is 205 Å². The maximum Gasteiger partial charge on any atom is 0.448 e. The van der Waals surface area contributed by atoms with E-state index in [-0.39, 0.29) is 63.5 Å². The van der Waals surface area contributed by atoms with E-state index < -0.39 is 7.12 Å². The molecule has 0 aliphatic heterocycles. The number of hydrogen-bond acceptors (Lipinski definition) is 18. The molecule has 0 radical (unpaired) electrons. The molecule has 0 bridgehead atoms. The zero-order chi connectivity index (χ0) is 70.7. The van der Waals surface area contributed by atoms with Crippen LogP contribution in [0.3, 0.4) is 0 Å². The third-order valence-corrected chi connectivity index (χ3v) is 11.0. The van der Waals surface area contributed by atoms with E-state index in [1.54, 1.807) is 109 Å². The van der Waals surface area contributed by atoms with Crippen molar-refractivity contribution in [3.8, 4) is 40.2 Å². The molecular formula is C71H95BO18. The molecule has 0 aliphatic rings. The summed E-state index contributed by atoms with van der Waals surface area (Å²) in [5.41, 5.74) is 11.1. The van der Waals surface area contributed by atoms with E-state index in [0.29, 0.717) is 38.9 Å². The number of aryl methyl sites for hydroxylation is 7. The minimum Gasteiger partial charge on any atom is -0.508 e. The molecular weight excluding hydrogens is 1150 g/mol. The lowest BCUT2D eigenvalue weighted by atomic mass is 9.99. The van der Waals surface area contributed by atoms with E-state index in [4.69, 9.17) is 54.9 Å². The smallest absolute Gasteiger partial charge is 0.448 e. The van der Waals surface area contributed by atoms with Crippen LogP contribution < -0.4 is 14.2 Å². The average molecular weight is 1250 g/mol. The number of ketones is 7. The summed E-state index contributed by atoms with van der Waals surface area (Å²) in [5.74, 6) is 2.91.